The SMILES string of the molecule is NC(=O)c1cccc(Oc2ccc(C(=O)c3ccccc3)cc2[N+](=O)[O-])c1. The van der Waals surface area contributed by atoms with Gasteiger partial charge in [0.25, 0.3) is 0 Å². The molecule has 3 aromatic carbocycles. The first kappa shape index (κ1) is 17.8. The summed E-state index contributed by atoms with van der Waals surface area (Å²) in [6.07, 6.45) is 0. The zero-order chi connectivity index (χ0) is 19.4. The van der Waals surface area contributed by atoms with Crippen molar-refractivity contribution in [2.45, 2.75) is 0 Å². The Bertz CT molecular complexity index is 1030. The molecule has 0 aliphatic heterocycles. The summed E-state index contributed by atoms with van der Waals surface area (Å²) in [4.78, 5) is 34.6. The minimum Gasteiger partial charge on any atom is -0.450 e. The van der Waals surface area contributed by atoms with Gasteiger partial charge in [-0.3, -0.25) is 19.7 Å². The summed E-state index contributed by atoms with van der Waals surface area (Å²) in [5, 5.41) is 11.4. The Morgan fingerprint density at radius 2 is 1.56 bits per heavy atom. The van der Waals surface area contributed by atoms with Crippen LogP contribution in [0, 0.1) is 10.1 Å². The highest BCUT2D eigenvalue weighted by Crippen LogP contribution is 2.33. The molecule has 0 radical (unpaired) electrons. The van der Waals surface area contributed by atoms with Gasteiger partial charge in [-0.25, -0.2) is 0 Å². The van der Waals surface area contributed by atoms with Gasteiger partial charge in [-0.1, -0.05) is 36.4 Å². The molecule has 0 bridgehead atoms. The summed E-state index contributed by atoms with van der Waals surface area (Å²) in [5.74, 6) is -0.803. The number of nitrogens with zero attached hydrogens (tertiary/aromatic N) is 1. The lowest BCUT2D eigenvalue weighted by molar-refractivity contribution is -0.385. The molecule has 134 valence electrons. The molecule has 7 heteroatoms. The van der Waals surface area contributed by atoms with Crippen LogP contribution in [-0.4, -0.2) is 16.6 Å². The van der Waals surface area contributed by atoms with E-state index in [9.17, 15) is 19.7 Å². The Morgan fingerprint density at radius 1 is 0.852 bits per heavy atom. The minimum atomic E-state index is -0.640. The Kier molecular flexibility index (Phi) is 4.94. The van der Waals surface area contributed by atoms with Gasteiger partial charge >= 0.3 is 5.69 Å². The van der Waals surface area contributed by atoms with Crippen LogP contribution in [0.1, 0.15) is 26.3 Å². The zero-order valence-corrected chi connectivity index (χ0v) is 14.0. The average Bonchev–Trinajstić information content (AvgIpc) is 2.68. The summed E-state index contributed by atoms with van der Waals surface area (Å²) in [7, 11) is 0. The van der Waals surface area contributed by atoms with Gasteiger partial charge in [-0.15, -0.1) is 0 Å². The predicted molar refractivity (Wildman–Crippen MR) is 98.0 cm³/mol. The van der Waals surface area contributed by atoms with E-state index >= 15 is 0 Å². The Morgan fingerprint density at radius 3 is 2.22 bits per heavy atom. The lowest BCUT2D eigenvalue weighted by Crippen LogP contribution is -2.10. The molecule has 0 aliphatic rings. The van der Waals surface area contributed by atoms with Crippen molar-refractivity contribution in [3.63, 3.8) is 0 Å². The van der Waals surface area contributed by atoms with Crippen molar-refractivity contribution in [3.8, 4) is 11.5 Å². The van der Waals surface area contributed by atoms with Crippen LogP contribution in [0.15, 0.2) is 72.8 Å². The second kappa shape index (κ2) is 7.49. The smallest absolute Gasteiger partial charge is 0.312 e. The maximum absolute atomic E-state index is 12.5. The molecule has 3 aromatic rings. The van der Waals surface area contributed by atoms with Crippen LogP contribution < -0.4 is 10.5 Å². The highest BCUT2D eigenvalue weighted by molar-refractivity contribution is 6.09. The summed E-state index contributed by atoms with van der Waals surface area (Å²) in [6.45, 7) is 0. The molecular weight excluding hydrogens is 348 g/mol. The molecule has 0 saturated carbocycles. The quantitative estimate of drug-likeness (QED) is 0.408. The zero-order valence-electron chi connectivity index (χ0n) is 14.0. The molecule has 1 amide bonds. The molecule has 0 atom stereocenters. The van der Waals surface area contributed by atoms with Gasteiger partial charge in [-0.2, -0.15) is 0 Å². The molecule has 2 N–H and O–H groups in total. The standard InChI is InChI=1S/C20H14N2O5/c21-20(24)15-7-4-8-16(11-15)27-18-10-9-14(12-17(18)22(25)26)19(23)13-5-2-1-3-6-13/h1-12H,(H2,21,24). The van der Waals surface area contributed by atoms with Crippen molar-refractivity contribution in [3.05, 3.63) is 99.6 Å². The molecule has 0 aromatic heterocycles. The van der Waals surface area contributed by atoms with Gasteiger partial charge in [0.15, 0.2) is 5.78 Å². The predicted octanol–water partition coefficient (Wildman–Crippen LogP) is 3.72. The normalized spacial score (nSPS) is 10.2. The van der Waals surface area contributed by atoms with Crippen LogP contribution in [0.3, 0.4) is 0 Å². The third-order valence-corrected chi connectivity index (χ3v) is 3.80. The number of nitrogens with two attached hydrogens (primary N) is 1. The minimum absolute atomic E-state index is 0.0498. The fourth-order valence-electron chi connectivity index (χ4n) is 2.48. The molecule has 7 nitrogen and oxygen atoms in total. The Balaban J connectivity index is 1.95. The number of amides is 1. The first-order chi connectivity index (χ1) is 13.0. The Labute approximate surface area is 154 Å². The first-order valence-electron chi connectivity index (χ1n) is 7.91. The number of primary amides is 1. The van der Waals surface area contributed by atoms with Crippen molar-refractivity contribution in [1.82, 2.24) is 0 Å². The van der Waals surface area contributed by atoms with E-state index in [1.165, 1.54) is 30.3 Å². The third kappa shape index (κ3) is 3.98. The van der Waals surface area contributed by atoms with Crippen LogP contribution in [0.2, 0.25) is 0 Å². The lowest BCUT2D eigenvalue weighted by atomic mass is 10.0. The summed E-state index contributed by atoms with van der Waals surface area (Å²) < 4.78 is 5.54. The number of ether oxygens (including phenoxy) is 1. The maximum atomic E-state index is 12.5. The van der Waals surface area contributed by atoms with E-state index in [-0.39, 0.29) is 34.1 Å². The molecule has 27 heavy (non-hydrogen) atoms. The number of hydrogen-bond acceptors (Lipinski definition) is 5. The fraction of sp³-hybridized carbons (Fsp3) is 0. The number of hydrogen-bond donors (Lipinski definition) is 1. The highest BCUT2D eigenvalue weighted by Gasteiger charge is 2.20. The molecule has 0 unspecified atom stereocenters. The summed E-state index contributed by atoms with van der Waals surface area (Å²) in [5.41, 5.74) is 5.67. The van der Waals surface area contributed by atoms with Crippen molar-refractivity contribution in [1.29, 1.82) is 0 Å². The largest absolute Gasteiger partial charge is 0.450 e. The first-order valence-corrected chi connectivity index (χ1v) is 7.91. The number of carbonyl (C=O) groups excluding carboxylic acids is 2. The van der Waals surface area contributed by atoms with Crippen LogP contribution in [0.4, 0.5) is 5.69 Å². The van der Waals surface area contributed by atoms with E-state index in [0.717, 1.165) is 0 Å². The van der Waals surface area contributed by atoms with Gasteiger partial charge in [0.2, 0.25) is 11.7 Å². The molecule has 0 aliphatic carbocycles. The van der Waals surface area contributed by atoms with Gasteiger partial charge in [-0.05, 0) is 30.3 Å². The van der Waals surface area contributed by atoms with Gasteiger partial charge in [0, 0.05) is 22.8 Å². The maximum Gasteiger partial charge on any atom is 0.312 e. The second-order valence-corrected chi connectivity index (χ2v) is 5.63. The highest BCUT2D eigenvalue weighted by atomic mass is 16.6. The van der Waals surface area contributed by atoms with Crippen LogP contribution in [0.25, 0.3) is 0 Å². The second-order valence-electron chi connectivity index (χ2n) is 5.63. The molecule has 0 spiro atoms. The van der Waals surface area contributed by atoms with Gasteiger partial charge in [0.05, 0.1) is 4.92 Å². The van der Waals surface area contributed by atoms with Crippen LogP contribution in [-0.2, 0) is 0 Å². The van der Waals surface area contributed by atoms with Crippen LogP contribution in [0.5, 0.6) is 11.5 Å². The van der Waals surface area contributed by atoms with Crippen molar-refractivity contribution in [2.75, 3.05) is 0 Å². The Hall–Kier alpha value is -4.00. The monoisotopic (exact) mass is 362 g/mol. The molecule has 0 saturated heterocycles. The fourth-order valence-corrected chi connectivity index (χ4v) is 2.48. The molecule has 3 rings (SSSR count). The topological polar surface area (TPSA) is 113 Å². The van der Waals surface area contributed by atoms with Crippen molar-refractivity contribution >= 4 is 17.4 Å². The number of benzene rings is 3. The number of nitro groups is 1. The number of ketones is 1. The molecule has 0 heterocycles. The average molecular weight is 362 g/mol. The lowest BCUT2D eigenvalue weighted by Gasteiger charge is -2.08. The van der Waals surface area contributed by atoms with E-state index < -0.39 is 10.8 Å². The third-order valence-electron chi connectivity index (χ3n) is 3.80. The number of nitro benzene ring substituents is 1. The number of rotatable bonds is 6. The van der Waals surface area contributed by atoms with E-state index in [0.29, 0.717) is 5.56 Å². The number of carbonyl (C=O) groups is 2. The summed E-state index contributed by atoms with van der Waals surface area (Å²) in [6, 6.07) is 18.4. The molecule has 0 fully saturated rings. The van der Waals surface area contributed by atoms with E-state index in [1.54, 1.807) is 42.5 Å². The van der Waals surface area contributed by atoms with E-state index in [1.807, 2.05) is 0 Å². The van der Waals surface area contributed by atoms with Gasteiger partial charge < -0.3 is 10.5 Å². The van der Waals surface area contributed by atoms with Crippen molar-refractivity contribution in [2.24, 2.45) is 5.73 Å². The van der Waals surface area contributed by atoms with Gasteiger partial charge in [0.1, 0.15) is 5.75 Å². The molecular formula is C20H14N2O5. The van der Waals surface area contributed by atoms with E-state index in [2.05, 4.69) is 0 Å². The van der Waals surface area contributed by atoms with Crippen molar-refractivity contribution < 1.29 is 19.2 Å². The van der Waals surface area contributed by atoms with Crippen LogP contribution >= 0.6 is 0 Å². The van der Waals surface area contributed by atoms with E-state index in [4.69, 9.17) is 10.5 Å². The summed E-state index contributed by atoms with van der Waals surface area (Å²) >= 11 is 0.